The zero-order valence-electron chi connectivity index (χ0n) is 12.4. The van der Waals surface area contributed by atoms with Gasteiger partial charge in [-0.25, -0.2) is 0 Å². The molecule has 0 aromatic heterocycles. The molecule has 4 heteroatoms. The van der Waals surface area contributed by atoms with Gasteiger partial charge in [-0.1, -0.05) is 25.3 Å². The highest BCUT2D eigenvalue weighted by Gasteiger charge is 2.27. The predicted molar refractivity (Wildman–Crippen MR) is 79.6 cm³/mol. The number of hydrogen-bond donors (Lipinski definition) is 0. The number of carbonyl (C=O) groups is 2. The largest absolute Gasteiger partial charge is 0.472 e. The van der Waals surface area contributed by atoms with Crippen LogP contribution in [0, 0.1) is 5.92 Å². The summed E-state index contributed by atoms with van der Waals surface area (Å²) in [7, 11) is 0. The number of Topliss-reactive ketones (excluding diaryl/α,β-unsaturated/α-hetero) is 1. The van der Waals surface area contributed by atoms with Gasteiger partial charge in [0.15, 0.2) is 12.5 Å². The molecule has 4 nitrogen and oxygen atoms in total. The quantitative estimate of drug-likeness (QED) is 0.802. The average Bonchev–Trinajstić information content (AvgIpc) is 2.55. The average molecular weight is 287 g/mol. The van der Waals surface area contributed by atoms with Crippen LogP contribution in [0.5, 0.6) is 5.75 Å². The zero-order chi connectivity index (χ0) is 14.8. The summed E-state index contributed by atoms with van der Waals surface area (Å²) < 4.78 is 5.63. The summed E-state index contributed by atoms with van der Waals surface area (Å²) in [4.78, 5) is 26.4. The van der Waals surface area contributed by atoms with Gasteiger partial charge in [0.25, 0.3) is 5.91 Å². The number of ether oxygens (including phenoxy) is 1. The number of carbonyl (C=O) groups excluding carboxylic acids is 2. The molecule has 0 spiro atoms. The van der Waals surface area contributed by atoms with Gasteiger partial charge >= 0.3 is 0 Å². The number of rotatable bonds is 3. The van der Waals surface area contributed by atoms with E-state index < -0.39 is 0 Å². The second kappa shape index (κ2) is 5.88. The summed E-state index contributed by atoms with van der Waals surface area (Å²) in [6, 6.07) is 5.25. The molecule has 0 saturated heterocycles. The Morgan fingerprint density at radius 2 is 2.05 bits per heavy atom. The minimum absolute atomic E-state index is 0.0181. The minimum atomic E-state index is -0.0181. The Hall–Kier alpha value is -1.84. The smallest absolute Gasteiger partial charge is 0.260 e. The van der Waals surface area contributed by atoms with Crippen LogP contribution < -0.4 is 4.74 Å². The Morgan fingerprint density at radius 1 is 1.29 bits per heavy atom. The van der Waals surface area contributed by atoms with E-state index in [4.69, 9.17) is 4.74 Å². The summed E-state index contributed by atoms with van der Waals surface area (Å²) in [5.74, 6) is 0.872. The SMILES string of the molecule is CCN1COc2cc(C(=O)C3CCCCC3)ccc2C1=O. The highest BCUT2D eigenvalue weighted by atomic mass is 16.5. The Morgan fingerprint density at radius 3 is 2.76 bits per heavy atom. The monoisotopic (exact) mass is 287 g/mol. The van der Waals surface area contributed by atoms with Gasteiger partial charge in [-0.3, -0.25) is 9.59 Å². The van der Waals surface area contributed by atoms with E-state index in [2.05, 4.69) is 0 Å². The molecule has 2 aliphatic rings. The Bertz CT molecular complexity index is 561. The number of amides is 1. The number of hydrogen-bond acceptors (Lipinski definition) is 3. The molecule has 0 bridgehead atoms. The van der Waals surface area contributed by atoms with Gasteiger partial charge in [0.1, 0.15) is 5.75 Å². The van der Waals surface area contributed by atoms with E-state index in [0.717, 1.165) is 25.7 Å². The van der Waals surface area contributed by atoms with Crippen molar-refractivity contribution in [1.82, 2.24) is 4.90 Å². The second-order valence-electron chi connectivity index (χ2n) is 5.84. The van der Waals surface area contributed by atoms with Crippen LogP contribution in [-0.2, 0) is 0 Å². The maximum Gasteiger partial charge on any atom is 0.260 e. The Balaban J connectivity index is 1.83. The third kappa shape index (κ3) is 2.67. The van der Waals surface area contributed by atoms with Crippen LogP contribution in [0.3, 0.4) is 0 Å². The van der Waals surface area contributed by atoms with E-state index in [9.17, 15) is 9.59 Å². The molecule has 1 amide bonds. The van der Waals surface area contributed by atoms with Gasteiger partial charge in [-0.15, -0.1) is 0 Å². The fraction of sp³-hybridized carbons (Fsp3) is 0.529. The first-order valence-electron chi connectivity index (χ1n) is 7.81. The first-order chi connectivity index (χ1) is 10.2. The van der Waals surface area contributed by atoms with E-state index in [-0.39, 0.29) is 24.3 Å². The lowest BCUT2D eigenvalue weighted by atomic mass is 9.83. The summed E-state index contributed by atoms with van der Waals surface area (Å²) in [5.41, 5.74) is 1.24. The number of ketones is 1. The summed E-state index contributed by atoms with van der Waals surface area (Å²) in [5, 5.41) is 0. The number of nitrogens with zero attached hydrogens (tertiary/aromatic N) is 1. The van der Waals surface area contributed by atoms with Crippen molar-refractivity contribution < 1.29 is 14.3 Å². The van der Waals surface area contributed by atoms with E-state index in [1.807, 2.05) is 6.92 Å². The van der Waals surface area contributed by atoms with Crippen molar-refractivity contribution in [1.29, 1.82) is 0 Å². The predicted octanol–water partition coefficient (Wildman–Crippen LogP) is 3.26. The van der Waals surface area contributed by atoms with Crippen LogP contribution in [0.1, 0.15) is 59.7 Å². The highest BCUT2D eigenvalue weighted by molar-refractivity contribution is 6.02. The van der Waals surface area contributed by atoms with Crippen molar-refractivity contribution in [2.24, 2.45) is 5.92 Å². The number of fused-ring (bicyclic) bond motifs is 1. The van der Waals surface area contributed by atoms with Gasteiger partial charge in [0, 0.05) is 18.0 Å². The highest BCUT2D eigenvalue weighted by Crippen LogP contribution is 2.30. The molecule has 1 saturated carbocycles. The van der Waals surface area contributed by atoms with Crippen LogP contribution in [0.4, 0.5) is 0 Å². The van der Waals surface area contributed by atoms with Crippen LogP contribution in [0.2, 0.25) is 0 Å². The topological polar surface area (TPSA) is 46.6 Å². The molecular formula is C17H21NO3. The van der Waals surface area contributed by atoms with Crippen LogP contribution >= 0.6 is 0 Å². The third-order valence-corrected chi connectivity index (χ3v) is 4.52. The molecule has 0 radical (unpaired) electrons. The fourth-order valence-electron chi connectivity index (χ4n) is 3.18. The third-order valence-electron chi connectivity index (χ3n) is 4.52. The summed E-state index contributed by atoms with van der Waals surface area (Å²) in [6.07, 6.45) is 5.49. The molecule has 1 aliphatic carbocycles. The van der Waals surface area contributed by atoms with Crippen molar-refractivity contribution >= 4 is 11.7 Å². The maximum absolute atomic E-state index is 12.5. The normalized spacial score (nSPS) is 19.1. The molecule has 1 aromatic carbocycles. The van der Waals surface area contributed by atoms with E-state index in [0.29, 0.717) is 23.4 Å². The number of benzene rings is 1. The lowest BCUT2D eigenvalue weighted by Gasteiger charge is -2.28. The van der Waals surface area contributed by atoms with Gasteiger partial charge in [0.05, 0.1) is 5.56 Å². The molecule has 21 heavy (non-hydrogen) atoms. The lowest BCUT2D eigenvalue weighted by molar-refractivity contribution is 0.0537. The van der Waals surface area contributed by atoms with Crippen molar-refractivity contribution in [2.75, 3.05) is 13.3 Å². The first-order valence-corrected chi connectivity index (χ1v) is 7.81. The molecule has 1 aliphatic heterocycles. The molecule has 0 unspecified atom stereocenters. The van der Waals surface area contributed by atoms with Crippen molar-refractivity contribution in [2.45, 2.75) is 39.0 Å². The molecule has 0 atom stereocenters. The maximum atomic E-state index is 12.5. The van der Waals surface area contributed by atoms with Gasteiger partial charge in [-0.05, 0) is 31.9 Å². The van der Waals surface area contributed by atoms with Gasteiger partial charge < -0.3 is 9.64 Å². The van der Waals surface area contributed by atoms with Crippen molar-refractivity contribution in [3.63, 3.8) is 0 Å². The molecule has 1 fully saturated rings. The van der Waals surface area contributed by atoms with Crippen LogP contribution in [0.15, 0.2) is 18.2 Å². The lowest BCUT2D eigenvalue weighted by Crippen LogP contribution is -2.38. The first kappa shape index (κ1) is 14.1. The van der Waals surface area contributed by atoms with E-state index in [1.165, 1.54) is 6.42 Å². The Kier molecular flexibility index (Phi) is 3.95. The second-order valence-corrected chi connectivity index (χ2v) is 5.84. The van der Waals surface area contributed by atoms with E-state index in [1.54, 1.807) is 23.1 Å². The standard InChI is InChI=1S/C17H21NO3/c1-2-18-11-21-15-10-13(8-9-14(15)17(18)20)16(19)12-6-4-3-5-7-12/h8-10,12H,2-7,11H2,1H3. The molecule has 1 heterocycles. The molecule has 112 valence electrons. The fourth-order valence-corrected chi connectivity index (χ4v) is 3.18. The Labute approximate surface area is 125 Å². The van der Waals surface area contributed by atoms with Crippen LogP contribution in [-0.4, -0.2) is 29.9 Å². The van der Waals surface area contributed by atoms with Gasteiger partial charge in [-0.2, -0.15) is 0 Å². The molecule has 0 N–H and O–H groups in total. The summed E-state index contributed by atoms with van der Waals surface area (Å²) in [6.45, 7) is 2.82. The molecule has 1 aromatic rings. The van der Waals surface area contributed by atoms with Crippen molar-refractivity contribution in [3.05, 3.63) is 29.3 Å². The van der Waals surface area contributed by atoms with Crippen molar-refractivity contribution in [3.8, 4) is 5.75 Å². The molecular weight excluding hydrogens is 266 g/mol. The van der Waals surface area contributed by atoms with E-state index >= 15 is 0 Å². The molecule has 3 rings (SSSR count). The zero-order valence-corrected chi connectivity index (χ0v) is 12.4. The summed E-state index contributed by atoms with van der Waals surface area (Å²) >= 11 is 0. The van der Waals surface area contributed by atoms with Gasteiger partial charge in [0.2, 0.25) is 0 Å². The van der Waals surface area contributed by atoms with Crippen LogP contribution in [0.25, 0.3) is 0 Å². The minimum Gasteiger partial charge on any atom is -0.472 e.